The van der Waals surface area contributed by atoms with Crippen LogP contribution in [0.2, 0.25) is 0 Å². The van der Waals surface area contributed by atoms with E-state index in [1.807, 2.05) is 0 Å². The van der Waals surface area contributed by atoms with Crippen molar-refractivity contribution in [2.24, 2.45) is 0 Å². The molecule has 0 radical (unpaired) electrons. The standard InChI is InChI=1S/C11H12O7S/c1-2-18-11(17)8(13)6-4-3-5(19-6)7(12)9(14)10(15)16/h3-4,7,9,12,14H,2H2,1H3,(H,15,16). The van der Waals surface area contributed by atoms with Crippen LogP contribution in [0.3, 0.4) is 0 Å². The predicted octanol–water partition coefficient (Wildman–Crippen LogP) is -0.0272. The SMILES string of the molecule is CCOC(=O)C(=O)c1ccc(C(O)C(O)C(=O)O)s1. The number of aliphatic carboxylic acids is 1. The second kappa shape index (κ2) is 6.41. The first-order valence-electron chi connectivity index (χ1n) is 5.28. The second-order valence-electron chi connectivity index (χ2n) is 3.48. The average Bonchev–Trinajstić information content (AvgIpc) is 2.85. The first-order valence-corrected chi connectivity index (χ1v) is 6.10. The minimum Gasteiger partial charge on any atom is -0.479 e. The van der Waals surface area contributed by atoms with Gasteiger partial charge in [0.2, 0.25) is 0 Å². The van der Waals surface area contributed by atoms with E-state index in [1.54, 1.807) is 6.92 Å². The van der Waals surface area contributed by atoms with Crippen molar-refractivity contribution < 1.29 is 34.4 Å². The Morgan fingerprint density at radius 3 is 2.47 bits per heavy atom. The summed E-state index contributed by atoms with van der Waals surface area (Å²) in [4.78, 5) is 33.3. The zero-order valence-electron chi connectivity index (χ0n) is 9.90. The van der Waals surface area contributed by atoms with Crippen LogP contribution in [-0.4, -0.2) is 45.8 Å². The van der Waals surface area contributed by atoms with Gasteiger partial charge in [-0.05, 0) is 19.1 Å². The van der Waals surface area contributed by atoms with Crippen molar-refractivity contribution in [3.63, 3.8) is 0 Å². The van der Waals surface area contributed by atoms with Crippen molar-refractivity contribution in [1.29, 1.82) is 0 Å². The summed E-state index contributed by atoms with van der Waals surface area (Å²) in [5.41, 5.74) is 0. The highest BCUT2D eigenvalue weighted by Gasteiger charge is 2.28. The first kappa shape index (κ1) is 15.3. The summed E-state index contributed by atoms with van der Waals surface area (Å²) >= 11 is 0.725. The van der Waals surface area contributed by atoms with Gasteiger partial charge >= 0.3 is 11.9 Å². The molecule has 0 fully saturated rings. The number of carbonyl (C=O) groups excluding carboxylic acids is 2. The van der Waals surface area contributed by atoms with Crippen LogP contribution in [0.25, 0.3) is 0 Å². The molecule has 0 bridgehead atoms. The molecule has 1 rings (SSSR count). The van der Waals surface area contributed by atoms with E-state index < -0.39 is 29.9 Å². The van der Waals surface area contributed by atoms with E-state index in [4.69, 9.17) is 5.11 Å². The minimum absolute atomic E-state index is 0.00471. The van der Waals surface area contributed by atoms with Gasteiger partial charge in [0.15, 0.2) is 6.10 Å². The number of Topliss-reactive ketones (excluding diaryl/α,β-unsaturated/α-hetero) is 1. The van der Waals surface area contributed by atoms with E-state index in [1.165, 1.54) is 12.1 Å². The van der Waals surface area contributed by atoms with Crippen LogP contribution >= 0.6 is 11.3 Å². The fourth-order valence-corrected chi connectivity index (χ4v) is 2.17. The number of ketones is 1. The highest BCUT2D eigenvalue weighted by atomic mass is 32.1. The number of aliphatic hydroxyl groups excluding tert-OH is 2. The summed E-state index contributed by atoms with van der Waals surface area (Å²) in [5, 5.41) is 27.3. The molecule has 104 valence electrons. The lowest BCUT2D eigenvalue weighted by Crippen LogP contribution is -2.26. The van der Waals surface area contributed by atoms with Crippen LogP contribution in [0.4, 0.5) is 0 Å². The van der Waals surface area contributed by atoms with Gasteiger partial charge < -0.3 is 20.1 Å². The lowest BCUT2D eigenvalue weighted by atomic mass is 10.2. The lowest BCUT2D eigenvalue weighted by molar-refractivity contribution is -0.152. The predicted molar refractivity (Wildman–Crippen MR) is 63.9 cm³/mol. The largest absolute Gasteiger partial charge is 0.479 e. The van der Waals surface area contributed by atoms with Gasteiger partial charge in [-0.15, -0.1) is 11.3 Å². The van der Waals surface area contributed by atoms with Crippen LogP contribution in [0.5, 0.6) is 0 Å². The molecule has 0 aliphatic heterocycles. The number of aliphatic hydroxyl groups is 2. The van der Waals surface area contributed by atoms with Gasteiger partial charge in [-0.1, -0.05) is 0 Å². The third-order valence-electron chi connectivity index (χ3n) is 2.15. The Bertz CT molecular complexity index is 493. The molecule has 0 aliphatic rings. The second-order valence-corrected chi connectivity index (χ2v) is 4.59. The third-order valence-corrected chi connectivity index (χ3v) is 3.31. The van der Waals surface area contributed by atoms with Crippen LogP contribution < -0.4 is 0 Å². The molecular formula is C11H12O7S. The Morgan fingerprint density at radius 1 is 1.32 bits per heavy atom. The van der Waals surface area contributed by atoms with Crippen LogP contribution in [0, 0.1) is 0 Å². The number of hydrogen-bond acceptors (Lipinski definition) is 7. The molecule has 3 N–H and O–H groups in total. The molecule has 1 heterocycles. The van der Waals surface area contributed by atoms with E-state index in [0.717, 1.165) is 11.3 Å². The molecule has 2 unspecified atom stereocenters. The lowest BCUT2D eigenvalue weighted by Gasteiger charge is -2.11. The Balaban J connectivity index is 2.85. The van der Waals surface area contributed by atoms with Gasteiger partial charge in [-0.3, -0.25) is 4.79 Å². The zero-order valence-corrected chi connectivity index (χ0v) is 10.7. The summed E-state index contributed by atoms with van der Waals surface area (Å²) in [5.74, 6) is -3.49. The number of carboxylic acid groups (broad SMARTS) is 1. The quantitative estimate of drug-likeness (QED) is 0.382. The number of carbonyl (C=O) groups is 3. The third kappa shape index (κ3) is 3.60. The van der Waals surface area contributed by atoms with Gasteiger partial charge in [-0.2, -0.15) is 0 Å². The smallest absolute Gasteiger partial charge is 0.380 e. The first-order chi connectivity index (χ1) is 8.88. The number of hydrogen-bond donors (Lipinski definition) is 3. The normalized spacial score (nSPS) is 13.6. The van der Waals surface area contributed by atoms with Crippen molar-refractivity contribution in [3.05, 3.63) is 21.9 Å². The van der Waals surface area contributed by atoms with Crippen molar-refractivity contribution in [2.45, 2.75) is 19.1 Å². The Morgan fingerprint density at radius 2 is 1.95 bits per heavy atom. The Kier molecular flexibility index (Phi) is 5.16. The molecule has 1 aromatic heterocycles. The van der Waals surface area contributed by atoms with Gasteiger partial charge in [-0.25, -0.2) is 9.59 Å². The number of esters is 1. The Hall–Kier alpha value is -1.77. The molecule has 2 atom stereocenters. The molecular weight excluding hydrogens is 276 g/mol. The fourth-order valence-electron chi connectivity index (χ4n) is 1.22. The molecule has 7 nitrogen and oxygen atoms in total. The number of carboxylic acids is 1. The van der Waals surface area contributed by atoms with Crippen LogP contribution in [0.1, 0.15) is 27.6 Å². The van der Waals surface area contributed by atoms with Crippen LogP contribution in [-0.2, 0) is 14.3 Å². The van der Waals surface area contributed by atoms with Crippen LogP contribution in [0.15, 0.2) is 12.1 Å². The molecule has 0 saturated carbocycles. The number of ether oxygens (including phenoxy) is 1. The van der Waals surface area contributed by atoms with E-state index >= 15 is 0 Å². The summed E-state index contributed by atoms with van der Waals surface area (Å²) < 4.78 is 4.53. The van der Waals surface area contributed by atoms with Gasteiger partial charge in [0.1, 0.15) is 6.10 Å². The zero-order chi connectivity index (χ0) is 14.6. The molecule has 8 heteroatoms. The molecule has 1 aromatic rings. The molecule has 0 amide bonds. The fraction of sp³-hybridized carbons (Fsp3) is 0.364. The highest BCUT2D eigenvalue weighted by molar-refractivity contribution is 7.14. The van der Waals surface area contributed by atoms with Gasteiger partial charge in [0, 0.05) is 4.88 Å². The minimum atomic E-state index is -2.00. The summed E-state index contributed by atoms with van der Waals surface area (Å²) in [6.07, 6.45) is -3.66. The van der Waals surface area contributed by atoms with Crippen molar-refractivity contribution in [1.82, 2.24) is 0 Å². The maximum Gasteiger partial charge on any atom is 0.380 e. The monoisotopic (exact) mass is 288 g/mol. The van der Waals surface area contributed by atoms with E-state index in [9.17, 15) is 24.6 Å². The number of rotatable bonds is 6. The van der Waals surface area contributed by atoms with Gasteiger partial charge in [0.05, 0.1) is 11.5 Å². The molecule has 0 saturated heterocycles. The van der Waals surface area contributed by atoms with Crippen molar-refractivity contribution in [3.8, 4) is 0 Å². The highest BCUT2D eigenvalue weighted by Crippen LogP contribution is 2.26. The summed E-state index contributed by atoms with van der Waals surface area (Å²) in [6, 6.07) is 2.53. The van der Waals surface area contributed by atoms with Gasteiger partial charge in [0.25, 0.3) is 5.78 Å². The topological polar surface area (TPSA) is 121 Å². The number of thiophene rings is 1. The maximum atomic E-state index is 11.5. The Labute approximate surface area is 112 Å². The van der Waals surface area contributed by atoms with Crippen molar-refractivity contribution >= 4 is 29.1 Å². The van der Waals surface area contributed by atoms with E-state index in [-0.39, 0.29) is 16.4 Å². The van der Waals surface area contributed by atoms with Crippen molar-refractivity contribution in [2.75, 3.05) is 6.61 Å². The average molecular weight is 288 g/mol. The van der Waals surface area contributed by atoms with E-state index in [2.05, 4.69) is 4.74 Å². The summed E-state index contributed by atoms with van der Waals surface area (Å²) in [7, 11) is 0. The maximum absolute atomic E-state index is 11.5. The summed E-state index contributed by atoms with van der Waals surface area (Å²) in [6.45, 7) is 1.61. The molecule has 0 aromatic carbocycles. The molecule has 0 spiro atoms. The van der Waals surface area contributed by atoms with E-state index in [0.29, 0.717) is 0 Å². The molecule has 19 heavy (non-hydrogen) atoms. The molecule has 0 aliphatic carbocycles.